The minimum Gasteiger partial charge on any atom is -0.319 e. The predicted molar refractivity (Wildman–Crippen MR) is 67.2 cm³/mol. The summed E-state index contributed by atoms with van der Waals surface area (Å²) in [7, 11) is 0. The molecule has 18 heavy (non-hydrogen) atoms. The number of aromatic amines is 1. The summed E-state index contributed by atoms with van der Waals surface area (Å²) < 4.78 is 13.4. The van der Waals surface area contributed by atoms with E-state index < -0.39 is 0 Å². The number of anilines is 1. The Morgan fingerprint density at radius 1 is 1.33 bits per heavy atom. The van der Waals surface area contributed by atoms with Crippen LogP contribution in [-0.4, -0.2) is 16.1 Å². The van der Waals surface area contributed by atoms with E-state index in [-0.39, 0.29) is 17.3 Å². The van der Waals surface area contributed by atoms with Gasteiger partial charge in [0.1, 0.15) is 5.82 Å². The highest BCUT2D eigenvalue weighted by atomic mass is 19.1. The number of carbonyl (C=O) groups excluding carboxylic acids is 1. The fraction of sp³-hybridized carbons (Fsp3) is 0.231. The van der Waals surface area contributed by atoms with Crippen LogP contribution in [0, 0.1) is 26.6 Å². The predicted octanol–water partition coefficient (Wildman–Crippen LogP) is 2.73. The molecule has 2 N–H and O–H groups in total. The molecular formula is C13H14FN3O. The third kappa shape index (κ3) is 2.25. The van der Waals surface area contributed by atoms with Gasteiger partial charge in [-0.25, -0.2) is 4.39 Å². The number of H-pyrrole nitrogens is 1. The Morgan fingerprint density at radius 3 is 2.61 bits per heavy atom. The van der Waals surface area contributed by atoms with Crippen LogP contribution in [-0.2, 0) is 0 Å². The largest absolute Gasteiger partial charge is 0.319 e. The first-order chi connectivity index (χ1) is 8.49. The van der Waals surface area contributed by atoms with Gasteiger partial charge in [-0.1, -0.05) is 6.07 Å². The number of nitrogens with zero attached hydrogens (tertiary/aromatic N) is 1. The van der Waals surface area contributed by atoms with Gasteiger partial charge in [0.25, 0.3) is 5.91 Å². The average Bonchev–Trinajstić information content (AvgIpc) is 2.64. The van der Waals surface area contributed by atoms with Crippen LogP contribution in [0.1, 0.15) is 27.3 Å². The van der Waals surface area contributed by atoms with Crippen molar-refractivity contribution in [1.29, 1.82) is 0 Å². The molecule has 0 saturated carbocycles. The molecule has 0 unspecified atom stereocenters. The number of hydrogen-bond donors (Lipinski definition) is 2. The Kier molecular flexibility index (Phi) is 3.14. The summed E-state index contributed by atoms with van der Waals surface area (Å²) in [6.07, 6.45) is 0. The molecule has 0 atom stereocenters. The number of carbonyl (C=O) groups is 1. The van der Waals surface area contributed by atoms with Crippen molar-refractivity contribution >= 4 is 11.6 Å². The zero-order chi connectivity index (χ0) is 13.3. The van der Waals surface area contributed by atoms with Gasteiger partial charge in [-0.3, -0.25) is 9.89 Å². The molecule has 0 spiro atoms. The summed E-state index contributed by atoms with van der Waals surface area (Å²) in [5.41, 5.74) is 2.92. The van der Waals surface area contributed by atoms with Crippen LogP contribution in [0.3, 0.4) is 0 Å². The van der Waals surface area contributed by atoms with Crippen LogP contribution in [0.2, 0.25) is 0 Å². The number of benzene rings is 1. The molecule has 94 valence electrons. The highest BCUT2D eigenvalue weighted by Gasteiger charge is 2.12. The normalized spacial score (nSPS) is 10.4. The Hall–Kier alpha value is -2.17. The maximum atomic E-state index is 13.4. The third-order valence-corrected chi connectivity index (χ3v) is 2.80. The van der Waals surface area contributed by atoms with E-state index in [2.05, 4.69) is 15.5 Å². The molecule has 0 aliphatic carbocycles. The molecule has 1 aromatic carbocycles. The zero-order valence-corrected chi connectivity index (χ0v) is 10.5. The first-order valence-electron chi connectivity index (χ1n) is 5.58. The summed E-state index contributed by atoms with van der Waals surface area (Å²) in [5.74, 6) is -0.732. The second kappa shape index (κ2) is 4.60. The van der Waals surface area contributed by atoms with E-state index >= 15 is 0 Å². The first-order valence-corrected chi connectivity index (χ1v) is 5.58. The van der Waals surface area contributed by atoms with Gasteiger partial charge < -0.3 is 5.32 Å². The Bertz CT molecular complexity index is 585. The Labute approximate surface area is 104 Å². The van der Waals surface area contributed by atoms with E-state index in [0.29, 0.717) is 16.9 Å². The summed E-state index contributed by atoms with van der Waals surface area (Å²) >= 11 is 0. The SMILES string of the molecule is Cc1ccc(C(=O)Nc2c(C)n[nH]c2C)cc1F. The molecule has 1 aromatic heterocycles. The van der Waals surface area contributed by atoms with Crippen molar-refractivity contribution in [2.24, 2.45) is 0 Å². The van der Waals surface area contributed by atoms with E-state index in [1.807, 2.05) is 6.92 Å². The molecular weight excluding hydrogens is 233 g/mol. The summed E-state index contributed by atoms with van der Waals surface area (Å²) in [6, 6.07) is 4.41. The van der Waals surface area contributed by atoms with Crippen molar-refractivity contribution in [3.8, 4) is 0 Å². The van der Waals surface area contributed by atoms with Crippen LogP contribution in [0.4, 0.5) is 10.1 Å². The van der Waals surface area contributed by atoms with Gasteiger partial charge in [0.05, 0.1) is 17.1 Å². The highest BCUT2D eigenvalue weighted by Crippen LogP contribution is 2.18. The minimum atomic E-state index is -0.386. The first kappa shape index (κ1) is 12.3. The number of nitrogens with one attached hydrogen (secondary N) is 2. The van der Waals surface area contributed by atoms with Gasteiger partial charge in [0, 0.05) is 5.56 Å². The van der Waals surface area contributed by atoms with E-state index in [1.54, 1.807) is 26.0 Å². The maximum absolute atomic E-state index is 13.4. The lowest BCUT2D eigenvalue weighted by Crippen LogP contribution is -2.13. The monoisotopic (exact) mass is 247 g/mol. The molecule has 0 bridgehead atoms. The maximum Gasteiger partial charge on any atom is 0.255 e. The topological polar surface area (TPSA) is 57.8 Å². The number of hydrogen-bond acceptors (Lipinski definition) is 2. The van der Waals surface area contributed by atoms with Gasteiger partial charge in [-0.15, -0.1) is 0 Å². The summed E-state index contributed by atoms with van der Waals surface area (Å²) in [5, 5.41) is 9.48. The molecule has 0 fully saturated rings. The van der Waals surface area contributed by atoms with Crippen molar-refractivity contribution in [2.45, 2.75) is 20.8 Å². The van der Waals surface area contributed by atoms with Crippen LogP contribution < -0.4 is 5.32 Å². The van der Waals surface area contributed by atoms with Crippen molar-refractivity contribution in [2.75, 3.05) is 5.32 Å². The second-order valence-electron chi connectivity index (χ2n) is 4.23. The van der Waals surface area contributed by atoms with Gasteiger partial charge in [0.2, 0.25) is 0 Å². The second-order valence-corrected chi connectivity index (χ2v) is 4.23. The lowest BCUT2D eigenvalue weighted by Gasteiger charge is -2.06. The molecule has 0 aliphatic rings. The molecule has 0 radical (unpaired) electrons. The number of aromatic nitrogens is 2. The highest BCUT2D eigenvalue weighted by molar-refractivity contribution is 6.04. The molecule has 2 rings (SSSR count). The molecule has 4 nitrogen and oxygen atoms in total. The van der Waals surface area contributed by atoms with E-state index in [4.69, 9.17) is 0 Å². The molecule has 0 saturated heterocycles. The lowest BCUT2D eigenvalue weighted by atomic mass is 10.1. The minimum absolute atomic E-state index is 0.290. The fourth-order valence-electron chi connectivity index (χ4n) is 1.65. The summed E-state index contributed by atoms with van der Waals surface area (Å²) in [6.45, 7) is 5.25. The van der Waals surface area contributed by atoms with Crippen molar-refractivity contribution in [3.63, 3.8) is 0 Å². The standard InChI is InChI=1S/C13H14FN3O/c1-7-4-5-10(6-11(7)14)13(18)15-12-8(2)16-17-9(12)3/h4-6H,1-3H3,(H,15,18)(H,16,17). The third-order valence-electron chi connectivity index (χ3n) is 2.80. The van der Waals surface area contributed by atoms with Crippen LogP contribution in [0.5, 0.6) is 0 Å². The molecule has 0 aliphatic heterocycles. The number of amides is 1. The van der Waals surface area contributed by atoms with Gasteiger partial charge >= 0.3 is 0 Å². The molecule has 5 heteroatoms. The zero-order valence-electron chi connectivity index (χ0n) is 10.5. The molecule has 2 aromatic rings. The van der Waals surface area contributed by atoms with Crippen LogP contribution >= 0.6 is 0 Å². The average molecular weight is 247 g/mol. The van der Waals surface area contributed by atoms with Crippen molar-refractivity contribution in [3.05, 3.63) is 46.5 Å². The Morgan fingerprint density at radius 2 is 2.06 bits per heavy atom. The summed E-state index contributed by atoms with van der Waals surface area (Å²) in [4.78, 5) is 12.0. The molecule has 1 amide bonds. The van der Waals surface area contributed by atoms with E-state index in [9.17, 15) is 9.18 Å². The van der Waals surface area contributed by atoms with E-state index in [1.165, 1.54) is 6.07 Å². The van der Waals surface area contributed by atoms with Gasteiger partial charge in [-0.05, 0) is 38.5 Å². The van der Waals surface area contributed by atoms with Crippen LogP contribution in [0.15, 0.2) is 18.2 Å². The lowest BCUT2D eigenvalue weighted by molar-refractivity contribution is 0.102. The fourth-order valence-corrected chi connectivity index (χ4v) is 1.65. The Balaban J connectivity index is 2.25. The molecule has 1 heterocycles. The number of halogens is 1. The number of rotatable bonds is 2. The van der Waals surface area contributed by atoms with Gasteiger partial charge in [0.15, 0.2) is 0 Å². The van der Waals surface area contributed by atoms with E-state index in [0.717, 1.165) is 5.69 Å². The van der Waals surface area contributed by atoms with Crippen molar-refractivity contribution in [1.82, 2.24) is 10.2 Å². The van der Waals surface area contributed by atoms with Crippen molar-refractivity contribution < 1.29 is 9.18 Å². The quantitative estimate of drug-likeness (QED) is 0.857. The smallest absolute Gasteiger partial charge is 0.255 e. The van der Waals surface area contributed by atoms with Gasteiger partial charge in [-0.2, -0.15) is 5.10 Å². The van der Waals surface area contributed by atoms with Crippen LogP contribution in [0.25, 0.3) is 0 Å². The number of aryl methyl sites for hydroxylation is 3.